The average Bonchev–Trinajstić information content (AvgIpc) is 2.13. The van der Waals surface area contributed by atoms with E-state index < -0.39 is 0 Å². The summed E-state index contributed by atoms with van der Waals surface area (Å²) in [5.74, 6) is 0.705. The molecule has 0 saturated heterocycles. The van der Waals surface area contributed by atoms with E-state index in [1.807, 2.05) is 13.0 Å². The molecule has 0 N–H and O–H groups in total. The third kappa shape index (κ3) is 8.04. The van der Waals surface area contributed by atoms with Crippen LogP contribution < -0.4 is 0 Å². The molecule has 0 radical (unpaired) electrons. The lowest BCUT2D eigenvalue weighted by Crippen LogP contribution is -2.02. The molecule has 0 fully saturated rings. The van der Waals surface area contributed by atoms with E-state index >= 15 is 0 Å². The fraction of sp³-hybridized carbons (Fsp3) is 0.571. The molecule has 0 aliphatic rings. The molecule has 0 unspecified atom stereocenters. The second-order valence-corrected chi connectivity index (χ2v) is 4.26. The molecule has 86 valence electrons. The first-order valence-corrected chi connectivity index (χ1v) is 5.82. The van der Waals surface area contributed by atoms with Gasteiger partial charge in [-0.15, -0.1) is 0 Å². The lowest BCUT2D eigenvalue weighted by molar-refractivity contribution is 0.595. The normalized spacial score (nSPS) is 13.3. The largest absolute Gasteiger partial charge is 0.357 e. The van der Waals surface area contributed by atoms with Crippen LogP contribution in [0.2, 0.25) is 0 Å². The second kappa shape index (κ2) is 8.34. The van der Waals surface area contributed by atoms with Gasteiger partial charge in [0.05, 0.1) is 0 Å². The highest BCUT2D eigenvalue weighted by Gasteiger charge is 1.98. The maximum atomic E-state index is 2.25. The maximum absolute atomic E-state index is 2.25. The third-order valence-corrected chi connectivity index (χ3v) is 1.97. The van der Waals surface area contributed by atoms with Gasteiger partial charge in [0.2, 0.25) is 0 Å². The predicted octanol–water partition coefficient (Wildman–Crippen LogP) is 4.35. The van der Waals surface area contributed by atoms with E-state index in [9.17, 15) is 0 Å². The fourth-order valence-electron chi connectivity index (χ4n) is 1.44. The van der Waals surface area contributed by atoms with E-state index in [-0.39, 0.29) is 0 Å². The van der Waals surface area contributed by atoms with Gasteiger partial charge in [-0.05, 0) is 37.5 Å². The van der Waals surface area contributed by atoms with Crippen molar-refractivity contribution in [2.45, 2.75) is 40.5 Å². The summed E-state index contributed by atoms with van der Waals surface area (Å²) in [6, 6.07) is 0. The Bertz CT molecular complexity index is 234. The number of nitrogens with zero attached hydrogens (tertiary/aromatic N) is 1. The minimum atomic E-state index is 0.705. The van der Waals surface area contributed by atoms with Crippen molar-refractivity contribution in [2.75, 3.05) is 7.05 Å². The molecule has 0 rings (SSSR count). The van der Waals surface area contributed by atoms with Crippen molar-refractivity contribution in [2.24, 2.45) is 5.92 Å². The van der Waals surface area contributed by atoms with E-state index in [0.29, 0.717) is 5.92 Å². The number of hydrogen-bond acceptors (Lipinski definition) is 1. The lowest BCUT2D eigenvalue weighted by atomic mass is 10.0. The van der Waals surface area contributed by atoms with Gasteiger partial charge in [-0.3, -0.25) is 0 Å². The summed E-state index contributed by atoms with van der Waals surface area (Å²) in [7, 11) is 2.07. The average molecular weight is 207 g/mol. The molecule has 1 heteroatoms. The minimum absolute atomic E-state index is 0.705. The molecule has 0 aromatic heterocycles. The molecule has 0 heterocycles. The molecule has 0 aromatic carbocycles. The molecule has 0 aliphatic heterocycles. The number of hydrogen-bond donors (Lipinski definition) is 0. The SMILES string of the molecule is C/C=C/N(C)/C=C(\C=C\CC)CC(C)C. The minimum Gasteiger partial charge on any atom is -0.357 e. The standard InChI is InChI=1S/C14H25N/c1-6-8-9-14(11-13(3)4)12-15(5)10-7-2/h7-10,12-13H,6,11H2,1-5H3/b9-8+,10-7+,14-12+. The van der Waals surface area contributed by atoms with Crippen molar-refractivity contribution in [3.05, 3.63) is 36.2 Å². The van der Waals surface area contributed by atoms with Crippen molar-refractivity contribution in [1.82, 2.24) is 4.90 Å². The molecule has 1 nitrogen and oxygen atoms in total. The molecule has 0 spiro atoms. The first kappa shape index (κ1) is 14.0. The van der Waals surface area contributed by atoms with Crippen LogP contribution in [0, 0.1) is 5.92 Å². The Morgan fingerprint density at radius 3 is 2.47 bits per heavy atom. The van der Waals surface area contributed by atoms with Crippen LogP contribution in [0.1, 0.15) is 40.5 Å². The third-order valence-electron chi connectivity index (χ3n) is 1.97. The van der Waals surface area contributed by atoms with Gasteiger partial charge in [-0.2, -0.15) is 0 Å². The van der Waals surface area contributed by atoms with Crippen LogP contribution in [0.4, 0.5) is 0 Å². The Hall–Kier alpha value is -0.980. The fourth-order valence-corrected chi connectivity index (χ4v) is 1.44. The van der Waals surface area contributed by atoms with Gasteiger partial charge in [0.1, 0.15) is 0 Å². The van der Waals surface area contributed by atoms with Gasteiger partial charge in [-0.25, -0.2) is 0 Å². The van der Waals surface area contributed by atoms with Crippen LogP contribution in [-0.4, -0.2) is 11.9 Å². The monoisotopic (exact) mass is 207 g/mol. The van der Waals surface area contributed by atoms with E-state index in [0.717, 1.165) is 12.8 Å². The van der Waals surface area contributed by atoms with Gasteiger partial charge < -0.3 is 4.90 Å². The zero-order valence-electron chi connectivity index (χ0n) is 10.8. The first-order chi connectivity index (χ1) is 7.10. The smallest absolute Gasteiger partial charge is 0.0106 e. The zero-order valence-corrected chi connectivity index (χ0v) is 10.8. The van der Waals surface area contributed by atoms with E-state index in [4.69, 9.17) is 0 Å². The van der Waals surface area contributed by atoms with Crippen molar-refractivity contribution in [3.8, 4) is 0 Å². The van der Waals surface area contributed by atoms with Crippen LogP contribution in [-0.2, 0) is 0 Å². The summed E-state index contributed by atoms with van der Waals surface area (Å²) in [6.45, 7) is 8.71. The molecule has 0 amide bonds. The molecule has 0 aromatic rings. The van der Waals surface area contributed by atoms with Crippen molar-refractivity contribution >= 4 is 0 Å². The van der Waals surface area contributed by atoms with Gasteiger partial charge in [0.25, 0.3) is 0 Å². The molecule has 0 aliphatic carbocycles. The van der Waals surface area contributed by atoms with Gasteiger partial charge in [-0.1, -0.05) is 39.0 Å². The molecule has 0 saturated carbocycles. The first-order valence-electron chi connectivity index (χ1n) is 5.82. The Balaban J connectivity index is 4.52. The van der Waals surface area contributed by atoms with Crippen molar-refractivity contribution < 1.29 is 0 Å². The summed E-state index contributed by atoms with van der Waals surface area (Å²) in [6.07, 6.45) is 13.0. The van der Waals surface area contributed by atoms with Crippen LogP contribution in [0.5, 0.6) is 0 Å². The summed E-state index contributed by atoms with van der Waals surface area (Å²) in [5, 5.41) is 0. The van der Waals surface area contributed by atoms with Crippen LogP contribution >= 0.6 is 0 Å². The van der Waals surface area contributed by atoms with E-state index in [1.54, 1.807) is 0 Å². The summed E-state index contributed by atoms with van der Waals surface area (Å²) in [5.41, 5.74) is 1.40. The van der Waals surface area contributed by atoms with Gasteiger partial charge in [0, 0.05) is 13.2 Å². The Morgan fingerprint density at radius 1 is 1.33 bits per heavy atom. The van der Waals surface area contributed by atoms with Gasteiger partial charge in [0.15, 0.2) is 0 Å². The quantitative estimate of drug-likeness (QED) is 0.585. The highest BCUT2D eigenvalue weighted by Crippen LogP contribution is 2.13. The van der Waals surface area contributed by atoms with Gasteiger partial charge >= 0.3 is 0 Å². The molecule has 0 atom stereocenters. The molecule has 15 heavy (non-hydrogen) atoms. The summed E-state index contributed by atoms with van der Waals surface area (Å²) < 4.78 is 0. The lowest BCUT2D eigenvalue weighted by Gasteiger charge is -2.12. The Morgan fingerprint density at radius 2 is 2.00 bits per heavy atom. The number of allylic oxidation sites excluding steroid dienone is 4. The molecule has 0 bridgehead atoms. The second-order valence-electron chi connectivity index (χ2n) is 4.26. The Kier molecular flexibility index (Phi) is 7.79. The Labute approximate surface area is 95.2 Å². The maximum Gasteiger partial charge on any atom is 0.0106 e. The predicted molar refractivity (Wildman–Crippen MR) is 69.5 cm³/mol. The van der Waals surface area contributed by atoms with E-state index in [2.05, 4.69) is 57.3 Å². The van der Waals surface area contributed by atoms with Crippen LogP contribution in [0.15, 0.2) is 36.2 Å². The van der Waals surface area contributed by atoms with Crippen molar-refractivity contribution in [1.29, 1.82) is 0 Å². The molecular weight excluding hydrogens is 182 g/mol. The van der Waals surface area contributed by atoms with Crippen LogP contribution in [0.3, 0.4) is 0 Å². The summed E-state index contributed by atoms with van der Waals surface area (Å²) >= 11 is 0. The zero-order chi connectivity index (χ0) is 11.7. The number of rotatable bonds is 6. The highest BCUT2D eigenvalue weighted by molar-refractivity contribution is 5.19. The topological polar surface area (TPSA) is 3.24 Å². The highest BCUT2D eigenvalue weighted by atomic mass is 15.0. The van der Waals surface area contributed by atoms with Crippen molar-refractivity contribution in [3.63, 3.8) is 0 Å². The van der Waals surface area contributed by atoms with Crippen LogP contribution in [0.25, 0.3) is 0 Å². The molecular formula is C14H25N. The van der Waals surface area contributed by atoms with E-state index in [1.165, 1.54) is 5.57 Å². The summed E-state index contributed by atoms with van der Waals surface area (Å²) in [4.78, 5) is 2.11.